The van der Waals surface area contributed by atoms with Gasteiger partial charge in [0, 0.05) is 5.69 Å². The van der Waals surface area contributed by atoms with E-state index >= 15 is 0 Å². The van der Waals surface area contributed by atoms with E-state index in [4.69, 9.17) is 10.5 Å². The molecule has 0 unspecified atom stereocenters. The van der Waals surface area contributed by atoms with Crippen molar-refractivity contribution < 1.29 is 15.0 Å². The summed E-state index contributed by atoms with van der Waals surface area (Å²) in [6.07, 6.45) is -0.0435. The summed E-state index contributed by atoms with van der Waals surface area (Å²) in [4.78, 5) is 17.0. The number of aliphatic carboxylic acids is 1. The number of aromatic nitrogens is 1. The van der Waals surface area contributed by atoms with Gasteiger partial charge in [-0.05, 0) is 29.8 Å². The van der Waals surface area contributed by atoms with Crippen LogP contribution in [-0.2, 0) is 11.2 Å². The zero-order valence-electron chi connectivity index (χ0n) is 13.6. The Morgan fingerprint density at radius 1 is 1.19 bits per heavy atom. The molecule has 0 atom stereocenters. The Bertz CT molecular complexity index is 1020. The van der Waals surface area contributed by atoms with Crippen LogP contribution in [0.25, 0.3) is 15.8 Å². The Hall–Kier alpha value is -3.19. The third-order valence-corrected chi connectivity index (χ3v) is 5.27. The summed E-state index contributed by atoms with van der Waals surface area (Å²) in [5.41, 5.74) is 2.71. The number of amidine groups is 1. The summed E-state index contributed by atoms with van der Waals surface area (Å²) in [5, 5.41) is 28.4. The van der Waals surface area contributed by atoms with Crippen LogP contribution >= 0.6 is 11.3 Å². The quantitative estimate of drug-likeness (QED) is 0.655. The van der Waals surface area contributed by atoms with Crippen LogP contribution in [0.1, 0.15) is 10.6 Å². The van der Waals surface area contributed by atoms with E-state index in [2.05, 4.69) is 4.98 Å². The van der Waals surface area contributed by atoms with E-state index in [1.54, 1.807) is 29.2 Å². The first-order chi connectivity index (χ1) is 12.5. The molecule has 0 radical (unpaired) electrons. The van der Waals surface area contributed by atoms with Crippen molar-refractivity contribution in [2.24, 2.45) is 0 Å². The molecule has 2 heterocycles. The Morgan fingerprint density at radius 2 is 1.92 bits per heavy atom. The van der Waals surface area contributed by atoms with E-state index < -0.39 is 5.97 Å². The van der Waals surface area contributed by atoms with Gasteiger partial charge in [0.15, 0.2) is 0 Å². The molecule has 0 amide bonds. The molecule has 6 nitrogen and oxygen atoms in total. The number of anilines is 1. The second kappa shape index (κ2) is 6.27. The Labute approximate surface area is 153 Å². The van der Waals surface area contributed by atoms with E-state index in [0.717, 1.165) is 15.9 Å². The molecular weight excluding hydrogens is 350 g/mol. The monoisotopic (exact) mass is 365 g/mol. The first kappa shape index (κ1) is 16.3. The number of hydrogen-bond acceptors (Lipinski definition) is 5. The first-order valence-electron chi connectivity index (χ1n) is 7.98. The number of nitrogens with one attached hydrogen (secondary N) is 1. The lowest BCUT2D eigenvalue weighted by molar-refractivity contribution is -0.136. The molecule has 0 spiro atoms. The van der Waals surface area contributed by atoms with Gasteiger partial charge >= 0.3 is 5.97 Å². The molecule has 1 aliphatic rings. The van der Waals surface area contributed by atoms with Crippen molar-refractivity contribution in [3.63, 3.8) is 0 Å². The number of hydrogen-bond donors (Lipinski definition) is 3. The third-order valence-electron chi connectivity index (χ3n) is 4.21. The minimum atomic E-state index is -0.885. The van der Waals surface area contributed by atoms with Gasteiger partial charge in [0.05, 0.1) is 28.8 Å². The fraction of sp³-hybridized carbons (Fsp3) is 0.105. The molecule has 0 fully saturated rings. The molecule has 1 aromatic heterocycles. The Kier molecular flexibility index (Phi) is 3.93. The second-order valence-electron chi connectivity index (χ2n) is 5.98. The molecular formula is C19H15N3O3S. The number of carboxylic acid groups (broad SMARTS) is 1. The normalized spacial score (nSPS) is 14.5. The fourth-order valence-electron chi connectivity index (χ4n) is 2.97. The summed E-state index contributed by atoms with van der Waals surface area (Å²) in [7, 11) is 0. The van der Waals surface area contributed by atoms with Gasteiger partial charge < -0.3 is 15.1 Å². The van der Waals surface area contributed by atoms with Crippen LogP contribution in [-0.4, -0.2) is 33.5 Å². The lowest BCUT2D eigenvalue weighted by Crippen LogP contribution is -2.26. The number of fused-ring (bicyclic) bond motifs is 1. The molecule has 3 aromatic rings. The minimum Gasteiger partial charge on any atom is -0.510 e. The smallest absolute Gasteiger partial charge is 0.307 e. The number of carbonyl (C=O) groups is 1. The highest BCUT2D eigenvalue weighted by Crippen LogP contribution is 2.35. The highest BCUT2D eigenvalue weighted by molar-refractivity contribution is 7.19. The summed E-state index contributed by atoms with van der Waals surface area (Å²) in [5.74, 6) is -0.583. The molecule has 7 heteroatoms. The molecule has 130 valence electrons. The highest BCUT2D eigenvalue weighted by Gasteiger charge is 2.31. The summed E-state index contributed by atoms with van der Waals surface area (Å²) in [6, 6.07) is 14.7. The van der Waals surface area contributed by atoms with Gasteiger partial charge in [0.2, 0.25) is 0 Å². The van der Waals surface area contributed by atoms with Crippen molar-refractivity contribution in [2.45, 2.75) is 6.42 Å². The second-order valence-corrected chi connectivity index (χ2v) is 7.01. The van der Waals surface area contributed by atoms with Crippen molar-refractivity contribution in [1.82, 2.24) is 4.98 Å². The lowest BCUT2D eigenvalue weighted by Gasteiger charge is -2.18. The number of para-hydroxylation sites is 1. The number of rotatable bonds is 4. The minimum absolute atomic E-state index is 0.0435. The number of aliphatic hydroxyl groups is 1. The van der Waals surface area contributed by atoms with Gasteiger partial charge in [-0.25, -0.2) is 4.98 Å². The summed E-state index contributed by atoms with van der Waals surface area (Å²) < 4.78 is 1.01. The van der Waals surface area contributed by atoms with E-state index in [0.29, 0.717) is 16.1 Å². The number of aliphatic hydroxyl groups excluding tert-OH is 1. The Balaban J connectivity index is 1.62. The molecule has 3 N–H and O–H groups in total. The fourth-order valence-corrected chi connectivity index (χ4v) is 4.01. The highest BCUT2D eigenvalue weighted by atomic mass is 32.1. The van der Waals surface area contributed by atoms with Crippen molar-refractivity contribution in [2.75, 3.05) is 11.4 Å². The SMILES string of the molecule is N=C1C(c2nc3ccccc3s2)=C(O)CN1c1ccc(CC(=O)O)cc1. The largest absolute Gasteiger partial charge is 0.510 e. The standard InChI is InChI=1S/C19H15N3O3S/c20-18-17(19-21-13-3-1-2-4-15(13)26-19)14(23)10-22(18)12-7-5-11(6-8-12)9-16(24)25/h1-8,20,23H,9-10H2,(H,24,25). The number of thiazole rings is 1. The van der Waals surface area contributed by atoms with Crippen LogP contribution in [0, 0.1) is 5.41 Å². The number of carboxylic acids is 1. The van der Waals surface area contributed by atoms with Crippen molar-refractivity contribution in [3.8, 4) is 0 Å². The topological polar surface area (TPSA) is 97.5 Å². The maximum absolute atomic E-state index is 10.8. The third kappa shape index (κ3) is 2.82. The van der Waals surface area contributed by atoms with Gasteiger partial charge in [-0.3, -0.25) is 10.2 Å². The van der Waals surface area contributed by atoms with Gasteiger partial charge in [0.25, 0.3) is 0 Å². The van der Waals surface area contributed by atoms with Crippen molar-refractivity contribution in [1.29, 1.82) is 5.41 Å². The van der Waals surface area contributed by atoms with E-state index in [1.165, 1.54) is 11.3 Å². The van der Waals surface area contributed by atoms with Crippen LogP contribution in [0.4, 0.5) is 5.69 Å². The van der Waals surface area contributed by atoms with E-state index in [1.807, 2.05) is 24.3 Å². The van der Waals surface area contributed by atoms with Crippen molar-refractivity contribution in [3.05, 3.63) is 64.9 Å². The van der Waals surface area contributed by atoms with Crippen LogP contribution in [0.2, 0.25) is 0 Å². The molecule has 0 bridgehead atoms. The average Bonchev–Trinajstić information content (AvgIpc) is 3.15. The zero-order valence-corrected chi connectivity index (χ0v) is 14.5. The van der Waals surface area contributed by atoms with Crippen LogP contribution < -0.4 is 4.90 Å². The predicted molar refractivity (Wildman–Crippen MR) is 102 cm³/mol. The van der Waals surface area contributed by atoms with Gasteiger partial charge in [-0.1, -0.05) is 24.3 Å². The van der Waals surface area contributed by atoms with Crippen LogP contribution in [0.3, 0.4) is 0 Å². The predicted octanol–water partition coefficient (Wildman–Crippen LogP) is 3.69. The molecule has 0 saturated heterocycles. The maximum atomic E-state index is 10.8. The number of nitrogens with zero attached hydrogens (tertiary/aromatic N) is 2. The number of benzene rings is 2. The summed E-state index contributed by atoms with van der Waals surface area (Å²) >= 11 is 1.45. The van der Waals surface area contributed by atoms with Gasteiger partial charge in [-0.2, -0.15) is 0 Å². The van der Waals surface area contributed by atoms with Crippen LogP contribution in [0.15, 0.2) is 54.3 Å². The average molecular weight is 365 g/mol. The summed E-state index contributed by atoms with van der Waals surface area (Å²) in [6.45, 7) is 0.197. The van der Waals surface area contributed by atoms with Crippen LogP contribution in [0.5, 0.6) is 0 Å². The van der Waals surface area contributed by atoms with Gasteiger partial charge in [0.1, 0.15) is 16.6 Å². The molecule has 0 saturated carbocycles. The van der Waals surface area contributed by atoms with Crippen molar-refractivity contribution >= 4 is 44.6 Å². The lowest BCUT2D eigenvalue weighted by atomic mass is 10.1. The zero-order chi connectivity index (χ0) is 18.3. The maximum Gasteiger partial charge on any atom is 0.307 e. The molecule has 4 rings (SSSR count). The molecule has 2 aromatic carbocycles. The van der Waals surface area contributed by atoms with E-state index in [9.17, 15) is 9.90 Å². The molecule has 26 heavy (non-hydrogen) atoms. The van der Waals surface area contributed by atoms with E-state index in [-0.39, 0.29) is 24.6 Å². The van der Waals surface area contributed by atoms with Gasteiger partial charge in [-0.15, -0.1) is 11.3 Å². The molecule has 0 aliphatic carbocycles. The molecule has 1 aliphatic heterocycles. The first-order valence-corrected chi connectivity index (χ1v) is 8.80. The Morgan fingerprint density at radius 3 is 2.62 bits per heavy atom.